The predicted molar refractivity (Wildman–Crippen MR) is 82.1 cm³/mol. The van der Waals surface area contributed by atoms with Crippen LogP contribution in [0, 0.1) is 11.6 Å². The Morgan fingerprint density at radius 2 is 1.83 bits per heavy atom. The van der Waals surface area contributed by atoms with Gasteiger partial charge in [0.05, 0.1) is 6.54 Å². The highest BCUT2D eigenvalue weighted by atomic mass is 19.1. The second-order valence-corrected chi connectivity index (χ2v) is 5.63. The SMILES string of the molecule is O=C1N(Cc2ccc(F)cc2F)CCN1c1ccc2c(c1)OCO2. The summed E-state index contributed by atoms with van der Waals surface area (Å²) in [5.41, 5.74) is 0.989. The Morgan fingerprint density at radius 1 is 1.00 bits per heavy atom. The number of anilines is 1. The summed E-state index contributed by atoms with van der Waals surface area (Å²) in [5.74, 6) is -0.0331. The highest BCUT2D eigenvalue weighted by Gasteiger charge is 2.31. The summed E-state index contributed by atoms with van der Waals surface area (Å²) in [6, 6.07) is 8.45. The van der Waals surface area contributed by atoms with Gasteiger partial charge in [-0.25, -0.2) is 13.6 Å². The molecule has 1 saturated heterocycles. The number of urea groups is 1. The van der Waals surface area contributed by atoms with E-state index in [1.807, 2.05) is 0 Å². The fourth-order valence-corrected chi connectivity index (χ4v) is 2.88. The van der Waals surface area contributed by atoms with Crippen molar-refractivity contribution >= 4 is 11.7 Å². The van der Waals surface area contributed by atoms with Crippen LogP contribution in [0.5, 0.6) is 11.5 Å². The van der Waals surface area contributed by atoms with E-state index in [2.05, 4.69) is 0 Å². The van der Waals surface area contributed by atoms with Crippen LogP contribution >= 0.6 is 0 Å². The molecule has 0 radical (unpaired) electrons. The number of carbonyl (C=O) groups is 1. The number of amides is 2. The molecule has 2 heterocycles. The molecule has 2 aromatic carbocycles. The molecule has 4 rings (SSSR count). The predicted octanol–water partition coefficient (Wildman–Crippen LogP) is 3.14. The van der Waals surface area contributed by atoms with E-state index in [1.54, 1.807) is 23.1 Å². The maximum atomic E-state index is 13.8. The van der Waals surface area contributed by atoms with Crippen molar-refractivity contribution in [1.29, 1.82) is 0 Å². The van der Waals surface area contributed by atoms with Gasteiger partial charge in [-0.05, 0) is 18.2 Å². The highest BCUT2D eigenvalue weighted by Crippen LogP contribution is 2.36. The van der Waals surface area contributed by atoms with E-state index >= 15 is 0 Å². The average Bonchev–Trinajstić information content (AvgIpc) is 3.16. The second kappa shape index (κ2) is 5.67. The Morgan fingerprint density at radius 3 is 2.67 bits per heavy atom. The van der Waals surface area contributed by atoms with Crippen molar-refractivity contribution in [1.82, 2.24) is 4.90 Å². The smallest absolute Gasteiger partial charge is 0.324 e. The molecule has 24 heavy (non-hydrogen) atoms. The lowest BCUT2D eigenvalue weighted by molar-refractivity contribution is 0.174. The molecule has 0 bridgehead atoms. The van der Waals surface area contributed by atoms with Crippen LogP contribution in [0.3, 0.4) is 0 Å². The Balaban J connectivity index is 1.52. The minimum Gasteiger partial charge on any atom is -0.454 e. The number of hydrogen-bond donors (Lipinski definition) is 0. The van der Waals surface area contributed by atoms with Crippen LogP contribution in [0.2, 0.25) is 0 Å². The number of halogens is 2. The summed E-state index contributed by atoms with van der Waals surface area (Å²) in [6.45, 7) is 1.22. The zero-order chi connectivity index (χ0) is 16.7. The van der Waals surface area contributed by atoms with Crippen LogP contribution in [-0.2, 0) is 6.54 Å². The number of benzene rings is 2. The summed E-state index contributed by atoms with van der Waals surface area (Å²) in [6.07, 6.45) is 0. The Labute approximate surface area is 137 Å². The number of ether oxygens (including phenoxy) is 2. The van der Waals surface area contributed by atoms with E-state index in [9.17, 15) is 13.6 Å². The van der Waals surface area contributed by atoms with Crippen molar-refractivity contribution < 1.29 is 23.0 Å². The molecule has 7 heteroatoms. The molecule has 0 N–H and O–H groups in total. The third-order valence-electron chi connectivity index (χ3n) is 4.14. The second-order valence-electron chi connectivity index (χ2n) is 5.63. The number of nitrogens with zero attached hydrogens (tertiary/aromatic N) is 2. The lowest BCUT2D eigenvalue weighted by Crippen LogP contribution is -2.31. The van der Waals surface area contributed by atoms with Gasteiger partial charge in [0.1, 0.15) is 11.6 Å². The molecule has 2 aliphatic heterocycles. The van der Waals surface area contributed by atoms with Crippen LogP contribution in [-0.4, -0.2) is 30.8 Å². The quantitative estimate of drug-likeness (QED) is 0.867. The first-order valence-corrected chi connectivity index (χ1v) is 7.52. The highest BCUT2D eigenvalue weighted by molar-refractivity contribution is 5.94. The zero-order valence-corrected chi connectivity index (χ0v) is 12.7. The number of rotatable bonds is 3. The van der Waals surface area contributed by atoms with E-state index in [1.165, 1.54) is 17.0 Å². The Hall–Kier alpha value is -2.83. The van der Waals surface area contributed by atoms with Crippen LogP contribution in [0.4, 0.5) is 19.3 Å². The molecular formula is C17H14F2N2O3. The van der Waals surface area contributed by atoms with Gasteiger partial charge in [-0.1, -0.05) is 6.07 Å². The first kappa shape index (κ1) is 14.7. The first-order chi connectivity index (χ1) is 11.6. The topological polar surface area (TPSA) is 42.0 Å². The van der Waals surface area contributed by atoms with Crippen LogP contribution < -0.4 is 14.4 Å². The average molecular weight is 332 g/mol. The van der Waals surface area contributed by atoms with Crippen molar-refractivity contribution in [3.05, 3.63) is 53.6 Å². The zero-order valence-electron chi connectivity index (χ0n) is 12.7. The van der Waals surface area contributed by atoms with E-state index in [0.717, 1.165) is 6.07 Å². The molecule has 0 atom stereocenters. The maximum Gasteiger partial charge on any atom is 0.324 e. The van der Waals surface area contributed by atoms with Crippen molar-refractivity contribution in [2.24, 2.45) is 0 Å². The molecule has 1 fully saturated rings. The monoisotopic (exact) mass is 332 g/mol. The molecule has 5 nitrogen and oxygen atoms in total. The summed E-state index contributed by atoms with van der Waals surface area (Å²) in [5, 5.41) is 0. The third kappa shape index (κ3) is 2.51. The van der Waals surface area contributed by atoms with Crippen molar-refractivity contribution in [2.75, 3.05) is 24.8 Å². The van der Waals surface area contributed by atoms with Gasteiger partial charge < -0.3 is 14.4 Å². The van der Waals surface area contributed by atoms with Gasteiger partial charge in [-0.2, -0.15) is 0 Å². The number of carbonyl (C=O) groups excluding carboxylic acids is 1. The fourth-order valence-electron chi connectivity index (χ4n) is 2.88. The van der Waals surface area contributed by atoms with Crippen LogP contribution in [0.25, 0.3) is 0 Å². The van der Waals surface area contributed by atoms with Gasteiger partial charge in [0.2, 0.25) is 6.79 Å². The Kier molecular flexibility index (Phi) is 3.48. The van der Waals surface area contributed by atoms with Gasteiger partial charge in [-0.15, -0.1) is 0 Å². The first-order valence-electron chi connectivity index (χ1n) is 7.52. The molecule has 0 unspecified atom stereocenters. The molecule has 0 aliphatic carbocycles. The third-order valence-corrected chi connectivity index (χ3v) is 4.14. The maximum absolute atomic E-state index is 13.8. The van der Waals surface area contributed by atoms with Crippen molar-refractivity contribution in [3.8, 4) is 11.5 Å². The lowest BCUT2D eigenvalue weighted by Gasteiger charge is -2.19. The standard InChI is InChI=1S/C17H14F2N2O3/c18-12-2-1-11(14(19)7-12)9-20-5-6-21(17(20)22)13-3-4-15-16(8-13)24-10-23-15/h1-4,7-8H,5-6,9-10H2. The van der Waals surface area contributed by atoms with Gasteiger partial charge in [0.15, 0.2) is 11.5 Å². The van der Waals surface area contributed by atoms with E-state index in [-0.39, 0.29) is 24.9 Å². The Bertz CT molecular complexity index is 812. The van der Waals surface area contributed by atoms with Gasteiger partial charge >= 0.3 is 6.03 Å². The van der Waals surface area contributed by atoms with E-state index in [4.69, 9.17) is 9.47 Å². The van der Waals surface area contributed by atoms with Gasteiger partial charge in [-0.3, -0.25) is 4.90 Å². The van der Waals surface area contributed by atoms with Crippen molar-refractivity contribution in [3.63, 3.8) is 0 Å². The van der Waals surface area contributed by atoms with Gasteiger partial charge in [0, 0.05) is 36.5 Å². The van der Waals surface area contributed by atoms with Gasteiger partial charge in [0.25, 0.3) is 0 Å². The largest absolute Gasteiger partial charge is 0.454 e. The van der Waals surface area contributed by atoms with Crippen LogP contribution in [0.1, 0.15) is 5.56 Å². The van der Waals surface area contributed by atoms with Crippen LogP contribution in [0.15, 0.2) is 36.4 Å². The minimum absolute atomic E-state index is 0.103. The molecular weight excluding hydrogens is 318 g/mol. The normalized spacial score (nSPS) is 16.2. The van der Waals surface area contributed by atoms with E-state index in [0.29, 0.717) is 30.3 Å². The molecule has 0 saturated carbocycles. The summed E-state index contributed by atoms with van der Waals surface area (Å²) in [4.78, 5) is 15.7. The molecule has 0 aromatic heterocycles. The molecule has 2 aromatic rings. The fraction of sp³-hybridized carbons (Fsp3) is 0.235. The number of hydrogen-bond acceptors (Lipinski definition) is 3. The van der Waals surface area contributed by atoms with Crippen molar-refractivity contribution in [2.45, 2.75) is 6.54 Å². The summed E-state index contributed by atoms with van der Waals surface area (Å²) >= 11 is 0. The molecule has 124 valence electrons. The summed E-state index contributed by atoms with van der Waals surface area (Å²) < 4.78 is 37.3. The summed E-state index contributed by atoms with van der Waals surface area (Å²) in [7, 11) is 0. The molecule has 2 aliphatic rings. The lowest BCUT2D eigenvalue weighted by atomic mass is 10.2. The molecule has 0 spiro atoms. The van der Waals surface area contributed by atoms with E-state index < -0.39 is 11.6 Å². The number of fused-ring (bicyclic) bond motifs is 1. The molecule has 2 amide bonds. The minimum atomic E-state index is -0.649.